The fraction of sp³-hybridized carbons (Fsp3) is 0.524. The summed E-state index contributed by atoms with van der Waals surface area (Å²) in [6, 6.07) is 0. The zero-order valence-electron chi connectivity index (χ0n) is 24.1. The molecule has 2 saturated heterocycles. The number of fused-ring (bicyclic) bond motifs is 1. The molecule has 48 heavy (non-hydrogen) atoms. The molecule has 2 unspecified atom stereocenters. The zero-order chi connectivity index (χ0) is 35.2. The van der Waals surface area contributed by atoms with Crippen molar-refractivity contribution in [3.8, 4) is 0 Å². The van der Waals surface area contributed by atoms with E-state index in [-0.39, 0.29) is 29.0 Å². The molecular weight excluding hydrogens is 715 g/mol. The van der Waals surface area contributed by atoms with Crippen molar-refractivity contribution in [2.24, 2.45) is 5.73 Å². The Labute approximate surface area is 268 Å². The molecule has 0 saturated carbocycles. The van der Waals surface area contributed by atoms with Crippen molar-refractivity contribution in [1.29, 1.82) is 0 Å². The number of allylic oxidation sites excluding steroid dienone is 1. The molecular formula is C21H30N7O17P3. The van der Waals surface area contributed by atoms with Gasteiger partial charge in [-0.3, -0.25) is 22.9 Å². The van der Waals surface area contributed by atoms with E-state index in [1.165, 1.54) is 23.4 Å². The largest absolute Gasteiger partial charge is 0.481 e. The van der Waals surface area contributed by atoms with Crippen LogP contribution in [0, 0.1) is 0 Å². The second-order valence-corrected chi connectivity index (χ2v) is 14.6. The maximum Gasteiger partial charge on any atom is 0.481 e. The molecule has 27 heteroatoms. The number of anilines is 1. The summed E-state index contributed by atoms with van der Waals surface area (Å²) in [7, 11) is -16.3. The van der Waals surface area contributed by atoms with Gasteiger partial charge in [0.1, 0.15) is 48.5 Å². The summed E-state index contributed by atoms with van der Waals surface area (Å²) < 4.78 is 67.2. The Hall–Kier alpha value is -2.73. The molecule has 2 aromatic rings. The fourth-order valence-electron chi connectivity index (χ4n) is 4.93. The van der Waals surface area contributed by atoms with Gasteiger partial charge in [-0.1, -0.05) is 6.08 Å². The minimum Gasteiger partial charge on any atom is -0.387 e. The second kappa shape index (κ2) is 13.9. The van der Waals surface area contributed by atoms with Crippen molar-refractivity contribution in [1.82, 2.24) is 24.4 Å². The summed E-state index contributed by atoms with van der Waals surface area (Å²) in [6.07, 6.45) is -6.47. The lowest BCUT2D eigenvalue weighted by atomic mass is 10.1. The van der Waals surface area contributed by atoms with Gasteiger partial charge >= 0.3 is 23.5 Å². The average Bonchev–Trinajstić information content (AvgIpc) is 3.64. The Morgan fingerprint density at radius 2 is 1.56 bits per heavy atom. The lowest BCUT2D eigenvalue weighted by Crippen LogP contribution is -2.40. The van der Waals surface area contributed by atoms with Crippen LogP contribution in [0.1, 0.15) is 12.6 Å². The van der Waals surface area contributed by atoms with Gasteiger partial charge in [0.2, 0.25) is 5.91 Å². The van der Waals surface area contributed by atoms with Crippen LogP contribution in [0.5, 0.6) is 0 Å². The van der Waals surface area contributed by atoms with Crippen LogP contribution in [0.25, 0.3) is 11.2 Å². The van der Waals surface area contributed by atoms with Gasteiger partial charge in [0.15, 0.2) is 23.9 Å². The highest BCUT2D eigenvalue weighted by Crippen LogP contribution is 2.61. The number of aliphatic hydroxyl groups is 3. The predicted molar refractivity (Wildman–Crippen MR) is 153 cm³/mol. The third-order valence-electron chi connectivity index (χ3n) is 7.11. The maximum absolute atomic E-state index is 12.6. The Balaban J connectivity index is 1.20. The molecule has 3 aliphatic heterocycles. The van der Waals surface area contributed by atoms with E-state index in [1.807, 2.05) is 0 Å². The fourth-order valence-corrected chi connectivity index (χ4v) is 7.57. The molecule has 0 aromatic carbocycles. The monoisotopic (exact) mass is 745 g/mol. The molecule has 0 bridgehead atoms. The third-order valence-corrected chi connectivity index (χ3v) is 10.2. The first kappa shape index (κ1) is 36.5. The van der Waals surface area contributed by atoms with E-state index >= 15 is 0 Å². The van der Waals surface area contributed by atoms with Crippen molar-refractivity contribution >= 4 is 46.4 Å². The van der Waals surface area contributed by atoms with Gasteiger partial charge in [0.05, 0.1) is 19.5 Å². The Bertz CT molecular complexity index is 1740. The number of primary amides is 1. The Kier molecular flexibility index (Phi) is 10.6. The van der Waals surface area contributed by atoms with Gasteiger partial charge in [-0.25, -0.2) is 28.6 Å². The predicted octanol–water partition coefficient (Wildman–Crippen LogP) is -2.57. The van der Waals surface area contributed by atoms with Gasteiger partial charge in [-0.05, 0) is 6.42 Å². The average molecular weight is 745 g/mol. The lowest BCUT2D eigenvalue weighted by Gasteiger charge is -2.28. The van der Waals surface area contributed by atoms with E-state index in [0.29, 0.717) is 0 Å². The minimum atomic E-state index is -5.52. The van der Waals surface area contributed by atoms with Gasteiger partial charge in [0.25, 0.3) is 0 Å². The summed E-state index contributed by atoms with van der Waals surface area (Å²) in [6.45, 7) is -2.02. The number of aromatic nitrogens is 4. The first-order valence-corrected chi connectivity index (χ1v) is 18.0. The van der Waals surface area contributed by atoms with Gasteiger partial charge in [-0.15, -0.1) is 0 Å². The molecule has 0 radical (unpaired) electrons. The van der Waals surface area contributed by atoms with E-state index < -0.39 is 91.7 Å². The van der Waals surface area contributed by atoms with Crippen LogP contribution >= 0.6 is 23.5 Å². The van der Waals surface area contributed by atoms with Crippen molar-refractivity contribution in [2.45, 2.75) is 55.5 Å². The number of phosphoric acid groups is 3. The number of nitrogen functional groups attached to an aromatic ring is 1. The van der Waals surface area contributed by atoms with Gasteiger partial charge < -0.3 is 60.7 Å². The van der Waals surface area contributed by atoms with Crippen molar-refractivity contribution in [3.63, 3.8) is 0 Å². The highest BCUT2D eigenvalue weighted by molar-refractivity contribution is 7.61. The summed E-state index contributed by atoms with van der Waals surface area (Å²) >= 11 is 0. The first-order chi connectivity index (χ1) is 22.4. The molecule has 2 fully saturated rings. The van der Waals surface area contributed by atoms with Crippen molar-refractivity contribution in [3.05, 3.63) is 36.7 Å². The van der Waals surface area contributed by atoms with E-state index in [4.69, 9.17) is 30.0 Å². The topological polar surface area (TPSA) is 364 Å². The van der Waals surface area contributed by atoms with E-state index in [0.717, 1.165) is 17.2 Å². The van der Waals surface area contributed by atoms with E-state index in [1.54, 1.807) is 0 Å². The number of imidazole rings is 1. The molecule has 5 heterocycles. The molecule has 1 amide bonds. The number of amides is 1. The molecule has 24 nitrogen and oxygen atoms in total. The summed E-state index contributed by atoms with van der Waals surface area (Å²) in [4.78, 5) is 63.4. The van der Waals surface area contributed by atoms with E-state index in [9.17, 15) is 53.4 Å². The van der Waals surface area contributed by atoms with Crippen LogP contribution < -0.4 is 11.5 Å². The van der Waals surface area contributed by atoms with Crippen molar-refractivity contribution < 1.29 is 80.7 Å². The summed E-state index contributed by atoms with van der Waals surface area (Å²) in [5.41, 5.74) is 11.3. The number of ether oxygens (including phenoxy) is 2. The number of hydrogen-bond donors (Lipinski definition) is 9. The molecule has 10 atom stereocenters. The van der Waals surface area contributed by atoms with Crippen LogP contribution in [0.3, 0.4) is 0 Å². The van der Waals surface area contributed by atoms with Crippen LogP contribution in [-0.4, -0.2) is 121 Å². The molecule has 11 N–H and O–H groups in total. The number of hydrogen-bond acceptors (Lipinski definition) is 18. The van der Waals surface area contributed by atoms with Gasteiger partial charge in [0, 0.05) is 18.0 Å². The first-order valence-electron chi connectivity index (χ1n) is 13.5. The smallest absolute Gasteiger partial charge is 0.387 e. The number of carbonyl (C=O) groups excluding carboxylic acids is 1. The number of carbonyl (C=O) groups is 1. The lowest BCUT2D eigenvalue weighted by molar-refractivity contribution is -0.115. The number of rotatable bonds is 13. The zero-order valence-corrected chi connectivity index (χ0v) is 26.8. The quantitative estimate of drug-likeness (QED) is 0.0951. The number of nitrogens with two attached hydrogens (primary N) is 2. The van der Waals surface area contributed by atoms with Crippen LogP contribution in [-0.2, 0) is 45.8 Å². The third kappa shape index (κ3) is 8.17. The Morgan fingerprint density at radius 3 is 2.19 bits per heavy atom. The standard InChI is InChI=1S/C21H30N7O17P3/c22-17-12-19(25-7-24-17)28(8-26-12)21-16(44-46(33,34)35)14(30)11(43-21)6-41-48(38,39)45-47(36,37)40-5-10-13(29)15(31)20(42-10)27-3-1-2-9(4-27)18(23)32/h1,3-4,7-8,10-11,13-16,20-21,29-31H,2,5-6H2,(H2,23,32)(H,36,37)(H,38,39)(H2,22,24,25)(H2,33,34,35)/t10-,11-,13-,14-,15+,16+,20+,21+/m0/s1. The maximum atomic E-state index is 12.6. The highest BCUT2D eigenvalue weighted by Gasteiger charge is 2.51. The molecule has 0 aliphatic carbocycles. The molecule has 266 valence electrons. The van der Waals surface area contributed by atoms with Gasteiger partial charge in [-0.2, -0.15) is 4.31 Å². The Morgan fingerprint density at radius 1 is 0.938 bits per heavy atom. The molecule has 0 spiro atoms. The van der Waals surface area contributed by atoms with Crippen LogP contribution in [0.15, 0.2) is 36.7 Å². The number of aliphatic hydroxyl groups excluding tert-OH is 3. The van der Waals surface area contributed by atoms with Crippen molar-refractivity contribution in [2.75, 3.05) is 18.9 Å². The molecule has 2 aromatic heterocycles. The summed E-state index contributed by atoms with van der Waals surface area (Å²) in [5.74, 6) is -0.791. The number of nitrogens with zero attached hydrogens (tertiary/aromatic N) is 5. The normalized spacial score (nSPS) is 31.9. The van der Waals surface area contributed by atoms with E-state index in [2.05, 4.69) is 23.8 Å². The second-order valence-electron chi connectivity index (χ2n) is 10.4. The van der Waals surface area contributed by atoms with Crippen LogP contribution in [0.2, 0.25) is 0 Å². The number of phosphoric ester groups is 3. The van der Waals surface area contributed by atoms with Crippen LogP contribution in [0.4, 0.5) is 5.82 Å². The summed E-state index contributed by atoms with van der Waals surface area (Å²) in [5, 5.41) is 31.5. The molecule has 3 aliphatic rings. The SMILES string of the molecule is NC(=O)C1=CN([C@@H]2O[C@@H](COP(=O)(O)OP(=O)(O)OC[C@@H]3O[C@@H](n4cnc5c(N)ncnc54)[C@H](OP(=O)(O)O)[C@H]3O)[C@H](O)[C@H]2O)C=CC1. The molecule has 5 rings (SSSR count). The minimum absolute atomic E-state index is 0.00424. The highest BCUT2D eigenvalue weighted by atomic mass is 31.3.